The number of allylic oxidation sites excluding steroid dienone is 3. The molecule has 284 valence electrons. The van der Waals surface area contributed by atoms with Crippen molar-refractivity contribution in [2.24, 2.45) is 10.9 Å². The quantitative estimate of drug-likeness (QED) is 0.138. The summed E-state index contributed by atoms with van der Waals surface area (Å²) in [4.78, 5) is 5.60. The molecular weight excluding hydrogens is 717 g/mol. The van der Waals surface area contributed by atoms with Crippen LogP contribution in [0.4, 0.5) is 5.69 Å². The van der Waals surface area contributed by atoms with Crippen LogP contribution in [-0.2, 0) is 18.5 Å². The number of hydrogen-bond donors (Lipinski definition) is 1. The van der Waals surface area contributed by atoms with Crippen molar-refractivity contribution in [1.29, 1.82) is 0 Å². The molecule has 4 nitrogen and oxygen atoms in total. The van der Waals surface area contributed by atoms with Gasteiger partial charge in [0, 0.05) is 44.1 Å². The molecule has 0 saturated carbocycles. The summed E-state index contributed by atoms with van der Waals surface area (Å²) in [6.45, 7) is 5.08. The zero-order chi connectivity index (χ0) is 39.4. The molecule has 9 aromatic rings. The summed E-state index contributed by atoms with van der Waals surface area (Å²) in [5, 5.41) is 6.33. The van der Waals surface area contributed by atoms with Crippen LogP contribution in [0.3, 0.4) is 0 Å². The van der Waals surface area contributed by atoms with Gasteiger partial charge in [0.15, 0.2) is 0 Å². The minimum Gasteiger partial charge on any atom is -0.398 e. The summed E-state index contributed by atoms with van der Waals surface area (Å²) in [5.41, 5.74) is 24.6. The van der Waals surface area contributed by atoms with E-state index in [0.717, 1.165) is 46.6 Å². The van der Waals surface area contributed by atoms with Gasteiger partial charge < -0.3 is 14.9 Å². The van der Waals surface area contributed by atoms with Crippen molar-refractivity contribution in [3.63, 3.8) is 0 Å². The average molecular weight is 761 g/mol. The van der Waals surface area contributed by atoms with Crippen LogP contribution in [0.1, 0.15) is 60.2 Å². The SMILES string of the molecule is CC1(C)c2ccccc2-c2cc(/C(=N/Cn3c4cc(-n5c6c(c7ccccc75)CC5CCC=CC5=C6)ccc4c4c5ccccc5ccc43)c3ccccc3N)ccc21. The van der Waals surface area contributed by atoms with Crippen molar-refractivity contribution < 1.29 is 0 Å². The number of para-hydroxylation sites is 2. The zero-order valence-corrected chi connectivity index (χ0v) is 33.4. The van der Waals surface area contributed by atoms with Crippen LogP contribution in [0.25, 0.3) is 66.4 Å². The number of anilines is 1. The Kier molecular flexibility index (Phi) is 7.41. The average Bonchev–Trinajstić information content (AvgIpc) is 3.85. The molecule has 2 heterocycles. The van der Waals surface area contributed by atoms with Crippen LogP contribution in [0.2, 0.25) is 0 Å². The van der Waals surface area contributed by atoms with E-state index in [-0.39, 0.29) is 5.41 Å². The van der Waals surface area contributed by atoms with Gasteiger partial charge in [-0.25, -0.2) is 0 Å². The van der Waals surface area contributed by atoms with Crippen molar-refractivity contribution in [1.82, 2.24) is 9.13 Å². The molecule has 0 amide bonds. The Bertz CT molecular complexity index is 3330. The predicted molar refractivity (Wildman–Crippen MR) is 248 cm³/mol. The second-order valence-electron chi connectivity index (χ2n) is 17.2. The van der Waals surface area contributed by atoms with E-state index in [1.807, 2.05) is 12.1 Å². The minimum atomic E-state index is -0.0768. The molecular formula is C55H44N4. The highest BCUT2D eigenvalue weighted by Crippen LogP contribution is 2.49. The molecule has 2 N–H and O–H groups in total. The molecule has 4 heteroatoms. The Hall–Kier alpha value is -6.91. The largest absolute Gasteiger partial charge is 0.398 e. The monoisotopic (exact) mass is 760 g/mol. The third-order valence-corrected chi connectivity index (χ3v) is 13.7. The van der Waals surface area contributed by atoms with E-state index in [1.54, 1.807) is 0 Å². The lowest BCUT2D eigenvalue weighted by atomic mass is 9.80. The van der Waals surface area contributed by atoms with Gasteiger partial charge in [0.05, 0.1) is 28.0 Å². The molecule has 0 aliphatic heterocycles. The van der Waals surface area contributed by atoms with Gasteiger partial charge in [0.2, 0.25) is 0 Å². The van der Waals surface area contributed by atoms with Crippen LogP contribution in [-0.4, -0.2) is 14.8 Å². The van der Waals surface area contributed by atoms with Gasteiger partial charge in [0.1, 0.15) is 6.67 Å². The van der Waals surface area contributed by atoms with Crippen molar-refractivity contribution in [3.05, 3.63) is 197 Å². The van der Waals surface area contributed by atoms with E-state index < -0.39 is 0 Å². The fourth-order valence-electron chi connectivity index (χ4n) is 10.8. The first-order chi connectivity index (χ1) is 28.9. The van der Waals surface area contributed by atoms with Crippen molar-refractivity contribution >= 4 is 61.0 Å². The maximum absolute atomic E-state index is 6.80. The molecule has 1 atom stereocenters. The Morgan fingerprint density at radius 3 is 2.42 bits per heavy atom. The number of nitrogens with zero attached hydrogens (tertiary/aromatic N) is 3. The summed E-state index contributed by atoms with van der Waals surface area (Å²) in [6, 6.07) is 53.2. The first kappa shape index (κ1) is 34.2. The van der Waals surface area contributed by atoms with Crippen molar-refractivity contribution in [2.75, 3.05) is 5.73 Å². The maximum Gasteiger partial charge on any atom is 0.115 e. The number of benzene rings is 7. The molecule has 0 radical (unpaired) electrons. The smallest absolute Gasteiger partial charge is 0.115 e. The maximum atomic E-state index is 6.80. The van der Waals surface area contributed by atoms with Gasteiger partial charge in [-0.1, -0.05) is 135 Å². The van der Waals surface area contributed by atoms with Gasteiger partial charge in [-0.2, -0.15) is 0 Å². The summed E-state index contributed by atoms with van der Waals surface area (Å²) in [7, 11) is 0. The van der Waals surface area contributed by atoms with E-state index in [9.17, 15) is 0 Å². The van der Waals surface area contributed by atoms with Gasteiger partial charge in [-0.15, -0.1) is 0 Å². The predicted octanol–water partition coefficient (Wildman–Crippen LogP) is 13.2. The first-order valence-corrected chi connectivity index (χ1v) is 21.0. The van der Waals surface area contributed by atoms with Crippen LogP contribution < -0.4 is 5.73 Å². The third-order valence-electron chi connectivity index (χ3n) is 13.7. The second-order valence-corrected chi connectivity index (χ2v) is 17.2. The lowest BCUT2D eigenvalue weighted by molar-refractivity contribution is 0.558. The molecule has 0 saturated heterocycles. The minimum absolute atomic E-state index is 0.0768. The van der Waals surface area contributed by atoms with Gasteiger partial charge in [-0.3, -0.25) is 4.99 Å². The Morgan fingerprint density at radius 2 is 1.51 bits per heavy atom. The van der Waals surface area contributed by atoms with E-state index in [2.05, 4.69) is 175 Å². The molecule has 0 bridgehead atoms. The Balaban J connectivity index is 1.08. The number of fused-ring (bicyclic) bond motifs is 12. The molecule has 7 aromatic carbocycles. The second kappa shape index (κ2) is 12.8. The fourth-order valence-corrected chi connectivity index (χ4v) is 10.8. The highest BCUT2D eigenvalue weighted by Gasteiger charge is 2.35. The number of rotatable bonds is 5. The van der Waals surface area contributed by atoms with E-state index in [0.29, 0.717) is 12.6 Å². The van der Waals surface area contributed by atoms with Crippen LogP contribution in [0.15, 0.2) is 168 Å². The van der Waals surface area contributed by atoms with E-state index in [1.165, 1.54) is 83.5 Å². The Labute approximate surface area is 344 Å². The zero-order valence-electron chi connectivity index (χ0n) is 33.4. The van der Waals surface area contributed by atoms with Gasteiger partial charge in [0.25, 0.3) is 0 Å². The molecule has 59 heavy (non-hydrogen) atoms. The lowest BCUT2D eigenvalue weighted by Crippen LogP contribution is -2.15. The first-order valence-electron chi connectivity index (χ1n) is 21.0. The number of nitrogens with two attached hydrogens (primary N) is 1. The Morgan fingerprint density at radius 1 is 0.712 bits per heavy atom. The number of nitrogen functional groups attached to an aromatic ring is 1. The number of aliphatic imine (C=N–C) groups is 1. The molecule has 3 aliphatic carbocycles. The summed E-state index contributed by atoms with van der Waals surface area (Å²) in [6.07, 6.45) is 10.6. The molecule has 1 unspecified atom stereocenters. The van der Waals surface area contributed by atoms with Crippen molar-refractivity contribution in [2.45, 2.75) is 45.2 Å². The summed E-state index contributed by atoms with van der Waals surface area (Å²) >= 11 is 0. The van der Waals surface area contributed by atoms with Crippen LogP contribution >= 0.6 is 0 Å². The standard InChI is InChI=1S/C55H44N4/c1-55(2)46-20-10-7-17-40(46)44-30-37(23-27-47(44)55)54(42-19-8-11-21-48(42)56)57-33-58-50-28-24-34-13-5-6-16-39(34)53(50)43-26-25-38(32-51(43)58)59-49-22-12-9-18-41(49)45-29-35-14-3-4-15-36(35)31-52(45)59/h4-13,15-28,30-32,35H,3,14,29,33,56H2,1-2H3/b57-54-. The van der Waals surface area contributed by atoms with Gasteiger partial charge >= 0.3 is 0 Å². The van der Waals surface area contributed by atoms with Crippen molar-refractivity contribution in [3.8, 4) is 16.8 Å². The number of aromatic nitrogens is 2. The van der Waals surface area contributed by atoms with E-state index in [4.69, 9.17) is 10.7 Å². The van der Waals surface area contributed by atoms with E-state index >= 15 is 0 Å². The topological polar surface area (TPSA) is 48.2 Å². The molecule has 3 aliphatic rings. The fraction of sp³-hybridized carbons (Fsp3) is 0.145. The molecule has 0 spiro atoms. The summed E-state index contributed by atoms with van der Waals surface area (Å²) in [5.74, 6) is 0.586. The molecule has 0 fully saturated rings. The summed E-state index contributed by atoms with van der Waals surface area (Å²) < 4.78 is 4.92. The number of hydrogen-bond acceptors (Lipinski definition) is 2. The van der Waals surface area contributed by atoms with Crippen LogP contribution in [0, 0.1) is 5.92 Å². The van der Waals surface area contributed by atoms with Gasteiger partial charge in [-0.05, 0) is 112 Å². The highest BCUT2D eigenvalue weighted by molar-refractivity contribution is 6.21. The lowest BCUT2D eigenvalue weighted by Gasteiger charge is -2.26. The molecule has 2 aromatic heterocycles. The van der Waals surface area contributed by atoms with Crippen LogP contribution in [0.5, 0.6) is 0 Å². The highest BCUT2D eigenvalue weighted by atomic mass is 15.1. The normalized spacial score (nSPS) is 16.7. The molecule has 12 rings (SSSR count). The third kappa shape index (κ3) is 5.05.